The Balaban J connectivity index is 2.73. The van der Waals surface area contributed by atoms with Crippen molar-refractivity contribution in [2.75, 3.05) is 20.3 Å². The first kappa shape index (κ1) is 11.0. The van der Waals surface area contributed by atoms with Crippen molar-refractivity contribution in [3.05, 3.63) is 0 Å². The van der Waals surface area contributed by atoms with Crippen LogP contribution in [-0.2, 0) is 9.53 Å². The smallest absolute Gasteiger partial charge is 0.326 e. The molecule has 1 atom stereocenters. The molecule has 1 aliphatic rings. The van der Waals surface area contributed by atoms with Gasteiger partial charge < -0.3 is 9.84 Å². The monoisotopic (exact) mass is 197 g/mol. The molecule has 1 rings (SSSR count). The predicted octanol–water partition coefficient (Wildman–Crippen LogP) is 0.0890. The minimum Gasteiger partial charge on any atom is -0.480 e. The van der Waals surface area contributed by atoms with Gasteiger partial charge in [-0.15, -0.1) is 6.42 Å². The Hall–Kier alpha value is -1.05. The predicted molar refractivity (Wildman–Crippen MR) is 51.8 cm³/mol. The quantitative estimate of drug-likeness (QED) is 0.592. The Morgan fingerprint density at radius 3 is 2.79 bits per heavy atom. The molecule has 14 heavy (non-hydrogen) atoms. The summed E-state index contributed by atoms with van der Waals surface area (Å²) in [6.45, 7) is 0.418. The summed E-state index contributed by atoms with van der Waals surface area (Å²) in [5, 5.41) is 12.1. The van der Waals surface area contributed by atoms with Gasteiger partial charge in [-0.25, -0.2) is 0 Å². The van der Waals surface area contributed by atoms with E-state index in [1.807, 2.05) is 0 Å². The maximum Gasteiger partial charge on any atom is 0.326 e. The van der Waals surface area contributed by atoms with Crippen molar-refractivity contribution >= 4 is 5.97 Å². The molecule has 78 valence electrons. The molecule has 1 aliphatic carbocycles. The minimum atomic E-state index is -0.985. The lowest BCUT2D eigenvalue weighted by Crippen LogP contribution is -2.57. The molecule has 0 radical (unpaired) electrons. The number of hydrogen-bond donors (Lipinski definition) is 2. The highest BCUT2D eigenvalue weighted by Crippen LogP contribution is 2.40. The van der Waals surface area contributed by atoms with Crippen LogP contribution >= 0.6 is 0 Å². The van der Waals surface area contributed by atoms with Gasteiger partial charge in [-0.05, 0) is 18.8 Å². The Bertz CT molecular complexity index is 255. The molecule has 0 aromatic carbocycles. The zero-order valence-electron chi connectivity index (χ0n) is 8.25. The Labute approximate surface area is 83.6 Å². The van der Waals surface area contributed by atoms with Crippen molar-refractivity contribution in [1.82, 2.24) is 5.32 Å². The third-order valence-corrected chi connectivity index (χ3v) is 2.53. The van der Waals surface area contributed by atoms with Gasteiger partial charge in [0.2, 0.25) is 0 Å². The number of methoxy groups -OCH3 is 1. The van der Waals surface area contributed by atoms with Crippen molar-refractivity contribution in [2.24, 2.45) is 5.92 Å². The van der Waals surface area contributed by atoms with E-state index in [0.29, 0.717) is 0 Å². The molecule has 0 aliphatic heterocycles. The molecule has 1 saturated carbocycles. The van der Waals surface area contributed by atoms with E-state index in [4.69, 9.17) is 11.2 Å². The van der Waals surface area contributed by atoms with Gasteiger partial charge in [0, 0.05) is 7.11 Å². The molecular formula is C10H15NO3. The van der Waals surface area contributed by atoms with Crippen LogP contribution in [0.15, 0.2) is 0 Å². The van der Waals surface area contributed by atoms with Gasteiger partial charge in [0.25, 0.3) is 0 Å². The number of carboxylic acid groups (broad SMARTS) is 1. The van der Waals surface area contributed by atoms with Crippen LogP contribution in [0.3, 0.4) is 0 Å². The maximum atomic E-state index is 11.2. The summed E-state index contributed by atoms with van der Waals surface area (Å²) in [7, 11) is 1.50. The van der Waals surface area contributed by atoms with Crippen molar-refractivity contribution in [3.8, 4) is 12.3 Å². The summed E-state index contributed by atoms with van der Waals surface area (Å²) in [5.74, 6) is 1.66. The Kier molecular flexibility index (Phi) is 3.50. The lowest BCUT2D eigenvalue weighted by Gasteiger charge is -2.29. The summed E-state index contributed by atoms with van der Waals surface area (Å²) >= 11 is 0. The molecule has 0 bridgehead atoms. The molecule has 0 amide bonds. The molecule has 1 unspecified atom stereocenters. The average molecular weight is 197 g/mol. The molecule has 4 nitrogen and oxygen atoms in total. The summed E-state index contributed by atoms with van der Waals surface area (Å²) in [6, 6.07) is 0. The second-order valence-corrected chi connectivity index (χ2v) is 3.54. The Morgan fingerprint density at radius 1 is 1.79 bits per heavy atom. The number of hydrogen-bond acceptors (Lipinski definition) is 3. The maximum absolute atomic E-state index is 11.2. The molecule has 4 heteroatoms. The minimum absolute atomic E-state index is 0.147. The summed E-state index contributed by atoms with van der Waals surface area (Å²) in [6.07, 6.45) is 6.95. The number of ether oxygens (including phenoxy) is 1. The van der Waals surface area contributed by atoms with Gasteiger partial charge in [-0.1, -0.05) is 5.92 Å². The summed E-state index contributed by atoms with van der Waals surface area (Å²) < 4.78 is 4.96. The first-order valence-corrected chi connectivity index (χ1v) is 4.58. The van der Waals surface area contributed by atoms with Crippen LogP contribution in [-0.4, -0.2) is 36.9 Å². The molecule has 0 saturated heterocycles. The van der Waals surface area contributed by atoms with Gasteiger partial charge >= 0.3 is 5.97 Å². The first-order valence-electron chi connectivity index (χ1n) is 4.58. The Morgan fingerprint density at radius 2 is 2.43 bits per heavy atom. The molecule has 0 spiro atoms. The van der Waals surface area contributed by atoms with Crippen molar-refractivity contribution < 1.29 is 14.6 Å². The van der Waals surface area contributed by atoms with Crippen LogP contribution in [0.25, 0.3) is 0 Å². The van der Waals surface area contributed by atoms with Crippen LogP contribution in [0.5, 0.6) is 0 Å². The summed E-state index contributed by atoms with van der Waals surface area (Å²) in [4.78, 5) is 11.2. The zero-order valence-corrected chi connectivity index (χ0v) is 8.25. The third-order valence-electron chi connectivity index (χ3n) is 2.53. The van der Waals surface area contributed by atoms with E-state index < -0.39 is 11.5 Å². The summed E-state index contributed by atoms with van der Waals surface area (Å²) in [5.41, 5.74) is -0.985. The molecule has 1 fully saturated rings. The van der Waals surface area contributed by atoms with Crippen LogP contribution < -0.4 is 5.32 Å². The zero-order chi connectivity index (χ0) is 10.6. The fraction of sp³-hybridized carbons (Fsp3) is 0.700. The lowest BCUT2D eigenvalue weighted by molar-refractivity contribution is -0.148. The second-order valence-electron chi connectivity index (χ2n) is 3.54. The third kappa shape index (κ3) is 2.06. The number of rotatable bonds is 6. The highest BCUT2D eigenvalue weighted by molar-refractivity contribution is 5.80. The molecule has 0 aromatic rings. The van der Waals surface area contributed by atoms with Gasteiger partial charge in [0.1, 0.15) is 5.54 Å². The van der Waals surface area contributed by atoms with E-state index in [1.165, 1.54) is 7.11 Å². The van der Waals surface area contributed by atoms with Gasteiger partial charge in [0.05, 0.1) is 13.2 Å². The van der Waals surface area contributed by atoms with Crippen LogP contribution in [0.2, 0.25) is 0 Å². The number of carbonyl (C=O) groups is 1. The van der Waals surface area contributed by atoms with Crippen LogP contribution in [0, 0.1) is 18.3 Å². The van der Waals surface area contributed by atoms with E-state index >= 15 is 0 Å². The van der Waals surface area contributed by atoms with Gasteiger partial charge in [-0.3, -0.25) is 10.1 Å². The average Bonchev–Trinajstić information content (AvgIpc) is 2.95. The van der Waals surface area contributed by atoms with E-state index in [0.717, 1.165) is 12.8 Å². The SMILES string of the molecule is C#CCNC(COC)(C(=O)O)C1CC1. The molecule has 0 aromatic heterocycles. The van der Waals surface area contributed by atoms with E-state index in [-0.39, 0.29) is 19.1 Å². The highest BCUT2D eigenvalue weighted by atomic mass is 16.5. The van der Waals surface area contributed by atoms with E-state index in [2.05, 4.69) is 11.2 Å². The standard InChI is InChI=1S/C10H15NO3/c1-3-6-11-10(7-14-2,9(12)13)8-4-5-8/h1,8,11H,4-7H2,2H3,(H,12,13). The number of terminal acetylenes is 1. The van der Waals surface area contributed by atoms with Gasteiger partial charge in [0.15, 0.2) is 0 Å². The number of carboxylic acids is 1. The highest BCUT2D eigenvalue weighted by Gasteiger charge is 2.51. The topological polar surface area (TPSA) is 58.6 Å². The fourth-order valence-corrected chi connectivity index (χ4v) is 1.64. The van der Waals surface area contributed by atoms with Crippen molar-refractivity contribution in [3.63, 3.8) is 0 Å². The van der Waals surface area contributed by atoms with E-state index in [1.54, 1.807) is 0 Å². The van der Waals surface area contributed by atoms with Gasteiger partial charge in [-0.2, -0.15) is 0 Å². The van der Waals surface area contributed by atoms with E-state index in [9.17, 15) is 9.90 Å². The van der Waals surface area contributed by atoms with Crippen molar-refractivity contribution in [2.45, 2.75) is 18.4 Å². The molecular weight excluding hydrogens is 182 g/mol. The van der Waals surface area contributed by atoms with Crippen LogP contribution in [0.4, 0.5) is 0 Å². The molecule has 2 N–H and O–H groups in total. The van der Waals surface area contributed by atoms with Crippen molar-refractivity contribution in [1.29, 1.82) is 0 Å². The number of aliphatic carboxylic acids is 1. The van der Waals surface area contributed by atoms with Crippen LogP contribution in [0.1, 0.15) is 12.8 Å². The normalized spacial score (nSPS) is 19.7. The first-order chi connectivity index (χ1) is 6.67. The number of nitrogens with one attached hydrogen (secondary N) is 1. The fourth-order valence-electron chi connectivity index (χ4n) is 1.64. The largest absolute Gasteiger partial charge is 0.480 e. The lowest BCUT2D eigenvalue weighted by atomic mass is 9.94. The second kappa shape index (κ2) is 4.45. The molecule has 0 heterocycles.